The molecule has 6 nitrogen and oxygen atoms in total. The highest BCUT2D eigenvalue weighted by molar-refractivity contribution is 7.52. The Morgan fingerprint density at radius 1 is 1.24 bits per heavy atom. The summed E-state index contributed by atoms with van der Waals surface area (Å²) in [4.78, 5) is 0. The molecule has 1 aromatic carbocycles. The van der Waals surface area contributed by atoms with Crippen molar-refractivity contribution in [2.75, 3.05) is 13.2 Å². The van der Waals surface area contributed by atoms with Crippen LogP contribution in [0.5, 0.6) is 0 Å². The predicted molar refractivity (Wildman–Crippen MR) is 79.3 cm³/mol. The monoisotopic (exact) mass is 330 g/mol. The molecule has 0 spiro atoms. The highest BCUT2D eigenvalue weighted by atomic mass is 35.5. The second kappa shape index (κ2) is 7.18. The Kier molecular flexibility index (Phi) is 5.53. The largest absolute Gasteiger partial charge is 0.420 e. The van der Waals surface area contributed by atoms with Gasteiger partial charge >= 0.3 is 7.60 Å². The molecule has 0 fully saturated rings. The molecule has 1 heterocycles. The third kappa shape index (κ3) is 4.38. The first-order valence-electron chi connectivity index (χ1n) is 6.52. The van der Waals surface area contributed by atoms with Crippen LogP contribution in [0.2, 0.25) is 5.02 Å². The van der Waals surface area contributed by atoms with E-state index in [1.54, 1.807) is 38.1 Å². The van der Waals surface area contributed by atoms with Gasteiger partial charge in [-0.05, 0) is 32.0 Å². The van der Waals surface area contributed by atoms with Crippen LogP contribution in [0.4, 0.5) is 0 Å². The molecule has 0 radical (unpaired) electrons. The van der Waals surface area contributed by atoms with E-state index in [0.717, 1.165) is 0 Å². The van der Waals surface area contributed by atoms with Crippen molar-refractivity contribution < 1.29 is 18.0 Å². The van der Waals surface area contributed by atoms with Crippen molar-refractivity contribution in [3.8, 4) is 11.5 Å². The first-order valence-corrected chi connectivity index (χ1v) is 8.63. The highest BCUT2D eigenvalue weighted by Crippen LogP contribution is 2.51. The lowest BCUT2D eigenvalue weighted by Crippen LogP contribution is -1.99. The Bertz CT molecular complexity index is 637. The van der Waals surface area contributed by atoms with Crippen LogP contribution in [-0.4, -0.2) is 23.4 Å². The fourth-order valence-electron chi connectivity index (χ4n) is 1.74. The molecule has 21 heavy (non-hydrogen) atoms. The first kappa shape index (κ1) is 16.2. The molecule has 0 bridgehead atoms. The fraction of sp³-hybridized carbons (Fsp3) is 0.385. The van der Waals surface area contributed by atoms with E-state index in [4.69, 9.17) is 25.1 Å². The molecule has 1 aromatic heterocycles. The van der Waals surface area contributed by atoms with Crippen molar-refractivity contribution in [3.05, 3.63) is 35.2 Å². The number of rotatable bonds is 7. The molecule has 2 rings (SSSR count). The molecule has 2 aromatic rings. The molecular weight excluding hydrogens is 315 g/mol. The lowest BCUT2D eigenvalue weighted by molar-refractivity contribution is 0.217. The Morgan fingerprint density at radius 3 is 2.57 bits per heavy atom. The number of hydrogen-bond acceptors (Lipinski definition) is 6. The van der Waals surface area contributed by atoms with E-state index in [1.165, 1.54) is 0 Å². The Balaban J connectivity index is 2.18. The molecule has 0 saturated heterocycles. The number of hydrogen-bond donors (Lipinski definition) is 0. The van der Waals surface area contributed by atoms with Crippen LogP contribution in [0.15, 0.2) is 28.7 Å². The summed E-state index contributed by atoms with van der Waals surface area (Å²) in [6.07, 6.45) is -0.0533. The summed E-state index contributed by atoms with van der Waals surface area (Å²) in [6.45, 7) is 4.06. The summed E-state index contributed by atoms with van der Waals surface area (Å²) >= 11 is 5.92. The number of nitrogens with zero attached hydrogens (tertiary/aromatic N) is 2. The highest BCUT2D eigenvalue weighted by Gasteiger charge is 2.27. The molecule has 114 valence electrons. The number of benzene rings is 1. The Hall–Kier alpha value is -1.20. The van der Waals surface area contributed by atoms with Crippen molar-refractivity contribution >= 4 is 19.2 Å². The molecule has 0 amide bonds. The molecule has 8 heteroatoms. The van der Waals surface area contributed by atoms with Crippen LogP contribution in [0.1, 0.15) is 19.7 Å². The van der Waals surface area contributed by atoms with Gasteiger partial charge in [0.2, 0.25) is 11.8 Å². The first-order chi connectivity index (χ1) is 10.1. The van der Waals surface area contributed by atoms with Gasteiger partial charge in [0.15, 0.2) is 0 Å². The van der Waals surface area contributed by atoms with E-state index >= 15 is 0 Å². The van der Waals surface area contributed by atoms with Crippen LogP contribution < -0.4 is 0 Å². The van der Waals surface area contributed by atoms with E-state index in [2.05, 4.69) is 10.2 Å². The van der Waals surface area contributed by atoms with Gasteiger partial charge in [0.25, 0.3) is 0 Å². The average Bonchev–Trinajstić information content (AvgIpc) is 2.87. The maximum Gasteiger partial charge on any atom is 0.339 e. The SMILES string of the molecule is CCOP(=O)(Cc1nnc(-c2cccc(Cl)c2)o1)OCC. The van der Waals surface area contributed by atoms with Crippen LogP contribution in [0.25, 0.3) is 11.5 Å². The maximum absolute atomic E-state index is 12.4. The quantitative estimate of drug-likeness (QED) is 0.710. The minimum atomic E-state index is -3.25. The molecule has 0 N–H and O–H groups in total. The zero-order valence-corrected chi connectivity index (χ0v) is 13.4. The van der Waals surface area contributed by atoms with E-state index in [1.807, 2.05) is 0 Å². The van der Waals surface area contributed by atoms with Crippen molar-refractivity contribution in [2.45, 2.75) is 20.0 Å². The van der Waals surface area contributed by atoms with Crippen molar-refractivity contribution in [1.82, 2.24) is 10.2 Å². The third-order valence-corrected chi connectivity index (χ3v) is 4.72. The molecule has 0 aliphatic heterocycles. The lowest BCUT2D eigenvalue weighted by atomic mass is 10.2. The van der Waals surface area contributed by atoms with Gasteiger partial charge in [-0.25, -0.2) is 0 Å². The van der Waals surface area contributed by atoms with E-state index in [0.29, 0.717) is 16.5 Å². The number of halogens is 1. The van der Waals surface area contributed by atoms with Gasteiger partial charge < -0.3 is 13.5 Å². The minimum Gasteiger partial charge on any atom is -0.420 e. The average molecular weight is 331 g/mol. The van der Waals surface area contributed by atoms with Crippen LogP contribution in [0.3, 0.4) is 0 Å². The Morgan fingerprint density at radius 2 is 1.95 bits per heavy atom. The summed E-state index contributed by atoms with van der Waals surface area (Å²) in [7, 11) is -3.25. The van der Waals surface area contributed by atoms with Crippen molar-refractivity contribution in [1.29, 1.82) is 0 Å². The zero-order valence-electron chi connectivity index (χ0n) is 11.8. The molecule has 0 aliphatic rings. The van der Waals surface area contributed by atoms with Crippen LogP contribution >= 0.6 is 19.2 Å². The van der Waals surface area contributed by atoms with Gasteiger partial charge in [0, 0.05) is 10.6 Å². The summed E-state index contributed by atoms with van der Waals surface area (Å²) in [5, 5.41) is 8.38. The van der Waals surface area contributed by atoms with Crippen LogP contribution in [0, 0.1) is 0 Å². The van der Waals surface area contributed by atoms with E-state index in [9.17, 15) is 4.57 Å². The van der Waals surface area contributed by atoms with Gasteiger partial charge in [-0.2, -0.15) is 0 Å². The molecule has 0 saturated carbocycles. The van der Waals surface area contributed by atoms with Gasteiger partial charge in [-0.15, -0.1) is 10.2 Å². The topological polar surface area (TPSA) is 74.5 Å². The molecule has 0 aliphatic carbocycles. The third-order valence-electron chi connectivity index (χ3n) is 2.52. The van der Waals surface area contributed by atoms with E-state index < -0.39 is 7.60 Å². The van der Waals surface area contributed by atoms with Gasteiger partial charge in [0.1, 0.15) is 6.16 Å². The summed E-state index contributed by atoms with van der Waals surface area (Å²) in [5.41, 5.74) is 0.698. The van der Waals surface area contributed by atoms with Gasteiger partial charge in [-0.3, -0.25) is 4.57 Å². The number of aromatic nitrogens is 2. The van der Waals surface area contributed by atoms with Crippen LogP contribution in [-0.2, 0) is 19.8 Å². The predicted octanol–water partition coefficient (Wildman–Crippen LogP) is 4.16. The van der Waals surface area contributed by atoms with Crippen molar-refractivity contribution in [2.24, 2.45) is 0 Å². The maximum atomic E-state index is 12.4. The van der Waals surface area contributed by atoms with Crippen molar-refractivity contribution in [3.63, 3.8) is 0 Å². The second-order valence-electron chi connectivity index (χ2n) is 4.12. The van der Waals surface area contributed by atoms with Gasteiger partial charge in [-0.1, -0.05) is 17.7 Å². The molecular formula is C13H16ClN2O4P. The summed E-state index contributed by atoms with van der Waals surface area (Å²) in [5.74, 6) is 0.516. The smallest absolute Gasteiger partial charge is 0.339 e. The standard InChI is InChI=1S/C13H16ClN2O4P/c1-3-18-21(17,19-4-2)9-12-15-16-13(20-12)10-6-5-7-11(14)8-10/h5-8H,3-4,9H2,1-2H3. The van der Waals surface area contributed by atoms with E-state index in [-0.39, 0.29) is 25.3 Å². The van der Waals surface area contributed by atoms with Gasteiger partial charge in [0.05, 0.1) is 13.2 Å². The molecule has 0 unspecified atom stereocenters. The molecule has 0 atom stereocenters. The normalized spacial score (nSPS) is 11.8. The second-order valence-corrected chi connectivity index (χ2v) is 6.61. The zero-order chi connectivity index (χ0) is 15.3. The Labute approximate surface area is 128 Å². The summed E-state index contributed by atoms with van der Waals surface area (Å²) < 4.78 is 28.3. The minimum absolute atomic E-state index is 0.0533. The summed E-state index contributed by atoms with van der Waals surface area (Å²) in [6, 6.07) is 7.05. The lowest BCUT2D eigenvalue weighted by Gasteiger charge is -2.14. The fourth-order valence-corrected chi connectivity index (χ4v) is 3.44.